The highest BCUT2D eigenvalue weighted by Crippen LogP contribution is 2.37. The maximum atomic E-state index is 12.8. The molecule has 0 bridgehead atoms. The van der Waals surface area contributed by atoms with Crippen LogP contribution in [0.1, 0.15) is 5.56 Å². The molecule has 124 valence electrons. The van der Waals surface area contributed by atoms with Crippen LogP contribution in [0.25, 0.3) is 0 Å². The summed E-state index contributed by atoms with van der Waals surface area (Å²) in [6, 6.07) is 14.6. The van der Waals surface area contributed by atoms with Gasteiger partial charge in [-0.3, -0.25) is 0 Å². The first kappa shape index (κ1) is 17.1. The van der Waals surface area contributed by atoms with E-state index in [1.165, 1.54) is 12.1 Å². The number of halogens is 5. The minimum atomic E-state index is -5.74. The van der Waals surface area contributed by atoms with Crippen molar-refractivity contribution in [2.24, 2.45) is 0 Å². The van der Waals surface area contributed by atoms with Gasteiger partial charge in [0.1, 0.15) is 5.75 Å². The molecule has 0 radical (unpaired) electrons. The molecule has 0 spiro atoms. The molecule has 0 aliphatic carbocycles. The summed E-state index contributed by atoms with van der Waals surface area (Å²) >= 11 is 0. The maximum absolute atomic E-state index is 12.8. The summed E-state index contributed by atoms with van der Waals surface area (Å²) in [5.74, 6) is -0.535. The third-order valence-corrected chi connectivity index (χ3v) is 3.02. The van der Waals surface area contributed by atoms with Gasteiger partial charge in [0.2, 0.25) is 0 Å². The molecule has 23 heavy (non-hydrogen) atoms. The van der Waals surface area contributed by atoms with Crippen molar-refractivity contribution < 1.29 is 26.7 Å². The number of benzene rings is 2. The van der Waals surface area contributed by atoms with Crippen LogP contribution >= 0.6 is 0 Å². The molecule has 0 heterocycles. The summed E-state index contributed by atoms with van der Waals surface area (Å²) in [6.45, 7) is 0.600. The second-order valence-electron chi connectivity index (χ2n) is 4.80. The van der Waals surface area contributed by atoms with Gasteiger partial charge in [0.25, 0.3) is 0 Å². The SMILES string of the molecule is FC(F)(F)C(F)(F)Oc1ccc(CCNc2ccccc2)cc1. The number of para-hydroxylation sites is 1. The lowest BCUT2D eigenvalue weighted by Crippen LogP contribution is -2.41. The Hall–Kier alpha value is -2.31. The average Bonchev–Trinajstić information content (AvgIpc) is 2.49. The monoisotopic (exact) mass is 331 g/mol. The topological polar surface area (TPSA) is 21.3 Å². The largest absolute Gasteiger partial charge is 0.499 e. The van der Waals surface area contributed by atoms with E-state index in [0.717, 1.165) is 23.4 Å². The zero-order valence-corrected chi connectivity index (χ0v) is 11.9. The smallest absolute Gasteiger partial charge is 0.426 e. The quantitative estimate of drug-likeness (QED) is 0.762. The van der Waals surface area contributed by atoms with Crippen molar-refractivity contribution in [1.82, 2.24) is 0 Å². The molecule has 2 aromatic rings. The van der Waals surface area contributed by atoms with Gasteiger partial charge in [-0.05, 0) is 36.2 Å². The molecule has 0 atom stereocenters. The van der Waals surface area contributed by atoms with Crippen LogP contribution in [0.2, 0.25) is 0 Å². The fourth-order valence-corrected chi connectivity index (χ4v) is 1.84. The summed E-state index contributed by atoms with van der Waals surface area (Å²) in [5.41, 5.74) is 1.73. The number of alkyl halides is 5. The Morgan fingerprint density at radius 3 is 2.00 bits per heavy atom. The standard InChI is InChI=1S/C16H14F5NO/c17-15(18,19)16(20,21)23-14-8-6-12(7-9-14)10-11-22-13-4-2-1-3-5-13/h1-9,22H,10-11H2. The molecule has 1 N–H and O–H groups in total. The molecule has 0 saturated heterocycles. The van der Waals surface area contributed by atoms with Crippen LogP contribution in [0, 0.1) is 0 Å². The molecular weight excluding hydrogens is 317 g/mol. The first-order valence-corrected chi connectivity index (χ1v) is 6.79. The number of rotatable bonds is 6. The molecule has 2 nitrogen and oxygen atoms in total. The number of ether oxygens (including phenoxy) is 1. The minimum Gasteiger partial charge on any atom is -0.426 e. The summed E-state index contributed by atoms with van der Waals surface area (Å²) in [6.07, 6.45) is -10.4. The fraction of sp³-hybridized carbons (Fsp3) is 0.250. The normalized spacial score (nSPS) is 12.0. The molecule has 0 saturated carbocycles. The third kappa shape index (κ3) is 4.84. The summed E-state index contributed by atoms with van der Waals surface area (Å²) in [4.78, 5) is 0. The fourth-order valence-electron chi connectivity index (χ4n) is 1.84. The van der Waals surface area contributed by atoms with Gasteiger partial charge in [0.05, 0.1) is 0 Å². The van der Waals surface area contributed by atoms with E-state index in [2.05, 4.69) is 10.1 Å². The van der Waals surface area contributed by atoms with Gasteiger partial charge in [-0.1, -0.05) is 30.3 Å². The van der Waals surface area contributed by atoms with Crippen molar-refractivity contribution in [3.8, 4) is 5.75 Å². The number of anilines is 1. The van der Waals surface area contributed by atoms with Gasteiger partial charge in [-0.2, -0.15) is 22.0 Å². The Labute approximate surface area is 129 Å². The predicted octanol–water partition coefficient (Wildman–Crippen LogP) is 4.88. The van der Waals surface area contributed by atoms with Crippen LogP contribution in [0.3, 0.4) is 0 Å². The first-order chi connectivity index (χ1) is 10.8. The van der Waals surface area contributed by atoms with Crippen molar-refractivity contribution >= 4 is 5.69 Å². The van der Waals surface area contributed by atoms with E-state index >= 15 is 0 Å². The van der Waals surface area contributed by atoms with Crippen molar-refractivity contribution in [1.29, 1.82) is 0 Å². The highest BCUT2D eigenvalue weighted by atomic mass is 19.4. The van der Waals surface area contributed by atoms with Crippen LogP contribution < -0.4 is 10.1 Å². The lowest BCUT2D eigenvalue weighted by molar-refractivity contribution is -0.360. The molecule has 7 heteroatoms. The highest BCUT2D eigenvalue weighted by molar-refractivity contribution is 5.42. The van der Waals surface area contributed by atoms with Gasteiger partial charge in [0, 0.05) is 12.2 Å². The van der Waals surface area contributed by atoms with E-state index in [-0.39, 0.29) is 0 Å². The molecule has 0 fully saturated rings. The van der Waals surface area contributed by atoms with Crippen LogP contribution in [-0.2, 0) is 6.42 Å². The molecule has 0 aromatic heterocycles. The zero-order chi connectivity index (χ0) is 16.9. The van der Waals surface area contributed by atoms with Crippen LogP contribution in [-0.4, -0.2) is 18.8 Å². The summed E-state index contributed by atoms with van der Waals surface area (Å²) in [5, 5.41) is 3.17. The Balaban J connectivity index is 1.87. The van der Waals surface area contributed by atoms with Gasteiger partial charge in [-0.15, -0.1) is 0 Å². The van der Waals surface area contributed by atoms with Crippen LogP contribution in [0.15, 0.2) is 54.6 Å². The minimum absolute atomic E-state index is 0.535. The van der Waals surface area contributed by atoms with E-state index in [1.54, 1.807) is 0 Å². The van der Waals surface area contributed by atoms with Crippen molar-refractivity contribution in [3.63, 3.8) is 0 Å². The summed E-state index contributed by atoms with van der Waals surface area (Å²) in [7, 11) is 0. The van der Waals surface area contributed by atoms with E-state index in [1.807, 2.05) is 30.3 Å². The van der Waals surface area contributed by atoms with Gasteiger partial charge < -0.3 is 10.1 Å². The second-order valence-corrected chi connectivity index (χ2v) is 4.80. The van der Waals surface area contributed by atoms with Crippen molar-refractivity contribution in [3.05, 3.63) is 60.2 Å². The van der Waals surface area contributed by atoms with Gasteiger partial charge in [-0.25, -0.2) is 0 Å². The van der Waals surface area contributed by atoms with E-state index in [4.69, 9.17) is 0 Å². The molecule has 0 aliphatic rings. The van der Waals surface area contributed by atoms with E-state index in [9.17, 15) is 22.0 Å². The number of nitrogens with one attached hydrogen (secondary N) is 1. The molecule has 2 rings (SSSR count). The van der Waals surface area contributed by atoms with Crippen LogP contribution in [0.4, 0.5) is 27.6 Å². The molecule has 0 unspecified atom stereocenters. The average molecular weight is 331 g/mol. The molecular formula is C16H14F5NO. The zero-order valence-electron chi connectivity index (χ0n) is 11.9. The highest BCUT2D eigenvalue weighted by Gasteiger charge is 2.61. The van der Waals surface area contributed by atoms with Crippen LogP contribution in [0.5, 0.6) is 5.75 Å². The third-order valence-electron chi connectivity index (χ3n) is 3.02. The van der Waals surface area contributed by atoms with E-state index < -0.39 is 18.0 Å². The van der Waals surface area contributed by atoms with E-state index in [0.29, 0.717) is 13.0 Å². The number of hydrogen-bond acceptors (Lipinski definition) is 2. The first-order valence-electron chi connectivity index (χ1n) is 6.79. The van der Waals surface area contributed by atoms with Gasteiger partial charge >= 0.3 is 12.3 Å². The number of hydrogen-bond donors (Lipinski definition) is 1. The van der Waals surface area contributed by atoms with Gasteiger partial charge in [0.15, 0.2) is 0 Å². The maximum Gasteiger partial charge on any atom is 0.499 e. The molecule has 2 aromatic carbocycles. The Morgan fingerprint density at radius 1 is 0.826 bits per heavy atom. The molecule has 0 aliphatic heterocycles. The lowest BCUT2D eigenvalue weighted by atomic mass is 10.1. The Morgan fingerprint density at radius 2 is 1.43 bits per heavy atom. The lowest BCUT2D eigenvalue weighted by Gasteiger charge is -2.20. The predicted molar refractivity (Wildman–Crippen MR) is 76.7 cm³/mol. The Kier molecular flexibility index (Phi) is 5.08. The molecule has 0 amide bonds. The summed E-state index contributed by atoms with van der Waals surface area (Å²) < 4.78 is 65.3. The second kappa shape index (κ2) is 6.85. The van der Waals surface area contributed by atoms with Crippen molar-refractivity contribution in [2.75, 3.05) is 11.9 Å². The Bertz CT molecular complexity index is 611. The van der Waals surface area contributed by atoms with Crippen molar-refractivity contribution in [2.45, 2.75) is 18.7 Å².